The number of nitrogens with zero attached hydrogens (tertiary/aromatic N) is 1. The molecule has 0 unspecified atom stereocenters. The number of aryl methyl sites for hydroxylation is 1. The van der Waals surface area contributed by atoms with Gasteiger partial charge in [0.15, 0.2) is 0 Å². The normalized spacial score (nSPS) is 12.8. The average molecular weight is 642 g/mol. The third kappa shape index (κ3) is 5.68. The summed E-state index contributed by atoms with van der Waals surface area (Å²) in [6.45, 7) is 0.535. The Balaban J connectivity index is 2.60. The van der Waals surface area contributed by atoms with E-state index in [0.717, 1.165) is 28.4 Å². The number of pyridine rings is 1. The fourth-order valence-corrected chi connectivity index (χ4v) is 4.45. The second kappa shape index (κ2) is 10.9. The molecular weight excluding hydrogens is 623 g/mol. The first kappa shape index (κ1) is 27.1. The molecule has 178 valence electrons. The van der Waals surface area contributed by atoms with E-state index in [-0.39, 0.29) is 23.6 Å². The third-order valence-corrected chi connectivity index (χ3v) is 6.02. The maximum absolute atomic E-state index is 13.8. The lowest BCUT2D eigenvalue weighted by atomic mass is 9.89. The Labute approximate surface area is 202 Å². The summed E-state index contributed by atoms with van der Waals surface area (Å²) in [5, 5.41) is 0.515. The minimum absolute atomic E-state index is 0.106. The van der Waals surface area contributed by atoms with Crippen molar-refractivity contribution >= 4 is 38.5 Å². The van der Waals surface area contributed by atoms with Gasteiger partial charge in [0.25, 0.3) is 5.60 Å². The molecule has 1 heterocycles. The molecule has 0 radical (unpaired) electrons. The van der Waals surface area contributed by atoms with Gasteiger partial charge in [0.05, 0.1) is 0 Å². The first-order chi connectivity index (χ1) is 14.9. The molecule has 0 fully saturated rings. The molecule has 4 nitrogen and oxygen atoms in total. The summed E-state index contributed by atoms with van der Waals surface area (Å²) < 4.78 is 98.2. The molecule has 0 bridgehead atoms. The van der Waals surface area contributed by atoms with Crippen LogP contribution in [0.2, 0.25) is 0 Å². The molecule has 0 aliphatic carbocycles. The van der Waals surface area contributed by atoms with Crippen molar-refractivity contribution < 1.29 is 40.6 Å². The zero-order valence-electron chi connectivity index (χ0n) is 16.9. The monoisotopic (exact) mass is 641 g/mol. The average Bonchev–Trinajstić information content (AvgIpc) is 2.69. The van der Waals surface area contributed by atoms with Crippen molar-refractivity contribution in [1.29, 1.82) is 0 Å². The highest BCUT2D eigenvalue weighted by Crippen LogP contribution is 2.53. The van der Waals surface area contributed by atoms with E-state index >= 15 is 0 Å². The Kier molecular flexibility index (Phi) is 9.22. The molecule has 12 heteroatoms. The van der Waals surface area contributed by atoms with E-state index < -0.39 is 30.3 Å². The molecule has 0 atom stereocenters. The van der Waals surface area contributed by atoms with Gasteiger partial charge in [0, 0.05) is 33.8 Å². The Morgan fingerprint density at radius 1 is 1.03 bits per heavy atom. The molecule has 0 aliphatic rings. The molecule has 0 amide bonds. The number of alkyl halides is 7. The lowest BCUT2D eigenvalue weighted by Crippen LogP contribution is -2.56. The molecule has 0 spiro atoms. The molecule has 1 aromatic carbocycles. The maximum atomic E-state index is 13.8. The van der Waals surface area contributed by atoms with Gasteiger partial charge in [-0.15, -0.1) is 0 Å². The first-order valence-electron chi connectivity index (χ1n) is 9.19. The Morgan fingerprint density at radius 2 is 1.69 bits per heavy atom. The van der Waals surface area contributed by atoms with Crippen molar-refractivity contribution in [3.63, 3.8) is 0 Å². The van der Waals surface area contributed by atoms with E-state index in [1.165, 1.54) is 0 Å². The van der Waals surface area contributed by atoms with Gasteiger partial charge in [0.2, 0.25) is 5.88 Å². The van der Waals surface area contributed by atoms with E-state index in [2.05, 4.69) is 53.0 Å². The smallest absolute Gasteiger partial charge is 0.430 e. The third-order valence-electron chi connectivity index (χ3n) is 4.45. The zero-order chi connectivity index (χ0) is 24.2. The van der Waals surface area contributed by atoms with Crippen LogP contribution in [0.5, 0.6) is 11.6 Å². The van der Waals surface area contributed by atoms with Crippen molar-refractivity contribution in [3.8, 4) is 11.6 Å². The van der Waals surface area contributed by atoms with Crippen LogP contribution in [0.4, 0.5) is 26.3 Å². The van der Waals surface area contributed by atoms with E-state index in [1.54, 1.807) is 19.2 Å². The van der Waals surface area contributed by atoms with Crippen LogP contribution in [0.3, 0.4) is 0 Å². The highest BCUT2D eigenvalue weighted by molar-refractivity contribution is 14.1. The van der Waals surface area contributed by atoms with Crippen LogP contribution in [-0.4, -0.2) is 31.2 Å². The maximum Gasteiger partial charge on any atom is 0.430 e. The highest BCUT2D eigenvalue weighted by atomic mass is 127. The van der Waals surface area contributed by atoms with Crippen LogP contribution in [-0.2, 0) is 26.8 Å². The number of halogens is 8. The van der Waals surface area contributed by atoms with E-state index in [4.69, 9.17) is 4.74 Å². The molecule has 1 aromatic heterocycles. The minimum Gasteiger partial charge on any atom is -0.439 e. The van der Waals surface area contributed by atoms with Crippen LogP contribution < -0.4 is 4.74 Å². The molecule has 2 aromatic rings. The van der Waals surface area contributed by atoms with Crippen molar-refractivity contribution in [2.45, 2.75) is 43.0 Å². The van der Waals surface area contributed by atoms with E-state index in [9.17, 15) is 26.3 Å². The topological polar surface area (TPSA) is 40.6 Å². The van der Waals surface area contributed by atoms with Gasteiger partial charge < -0.3 is 14.2 Å². The summed E-state index contributed by atoms with van der Waals surface area (Å²) in [5.41, 5.74) is -4.64. The van der Waals surface area contributed by atoms with Gasteiger partial charge in [-0.25, -0.2) is 4.98 Å². The summed E-state index contributed by atoms with van der Waals surface area (Å²) in [6.07, 6.45) is -9.40. The number of ether oxygens (including phenoxy) is 3. The predicted molar refractivity (Wildman–Crippen MR) is 117 cm³/mol. The van der Waals surface area contributed by atoms with Crippen molar-refractivity contribution in [2.24, 2.45) is 0 Å². The lowest BCUT2D eigenvalue weighted by molar-refractivity contribution is -0.400. The minimum atomic E-state index is -5.79. The van der Waals surface area contributed by atoms with Crippen LogP contribution in [0.15, 0.2) is 30.5 Å². The van der Waals surface area contributed by atoms with Gasteiger partial charge in [-0.05, 0) is 52.3 Å². The Bertz CT molecular complexity index is 909. The number of rotatable bonds is 9. The molecule has 2 rings (SSSR count). The van der Waals surface area contributed by atoms with Crippen LogP contribution in [0, 0.1) is 3.57 Å². The number of benzene rings is 1. The molecular formula is C20H19BrF6INO3. The Morgan fingerprint density at radius 3 is 2.22 bits per heavy atom. The summed E-state index contributed by atoms with van der Waals surface area (Å²) >= 11 is 5.41. The molecule has 0 aliphatic heterocycles. The number of aromatic nitrogens is 1. The quantitative estimate of drug-likeness (QED) is 0.125. The van der Waals surface area contributed by atoms with Crippen LogP contribution >= 0.6 is 38.5 Å². The van der Waals surface area contributed by atoms with Crippen molar-refractivity contribution in [2.75, 3.05) is 13.9 Å². The SMILES string of the molecule is CCCc1cc(C(OCOC)(C(F)(F)F)C(F)(F)F)ccc1Oc1cc(CBr)c(I)cn1. The largest absolute Gasteiger partial charge is 0.439 e. The number of hydrogen-bond donors (Lipinski definition) is 0. The summed E-state index contributed by atoms with van der Waals surface area (Å²) in [7, 11) is 0.937. The first-order valence-corrected chi connectivity index (χ1v) is 11.4. The van der Waals surface area contributed by atoms with Crippen LogP contribution in [0.25, 0.3) is 0 Å². The number of hydrogen-bond acceptors (Lipinski definition) is 4. The van der Waals surface area contributed by atoms with Gasteiger partial charge in [-0.1, -0.05) is 35.3 Å². The predicted octanol–water partition coefficient (Wildman–Crippen LogP) is 7.27. The molecule has 0 saturated carbocycles. The van der Waals surface area contributed by atoms with Gasteiger partial charge in [-0.3, -0.25) is 0 Å². The van der Waals surface area contributed by atoms with Crippen LogP contribution in [0.1, 0.15) is 30.0 Å². The summed E-state index contributed by atoms with van der Waals surface area (Å²) in [4.78, 5) is 4.12. The van der Waals surface area contributed by atoms with E-state index in [1.807, 2.05) is 0 Å². The molecule has 0 N–H and O–H groups in total. The van der Waals surface area contributed by atoms with E-state index in [0.29, 0.717) is 17.8 Å². The Hall–Kier alpha value is -1.12. The van der Waals surface area contributed by atoms with Crippen molar-refractivity contribution in [3.05, 3.63) is 50.7 Å². The fourth-order valence-electron chi connectivity index (χ4n) is 2.97. The standard InChI is InChI=1S/C20H19BrF6INO3/c1-3-4-12-7-14(18(19(22,23)24,20(25,26)27)31-11-30-2)5-6-16(12)32-17-8-13(9-21)15(28)10-29-17/h5-8,10H,3-4,9,11H2,1-2H3. The summed E-state index contributed by atoms with van der Waals surface area (Å²) in [5.74, 6) is 0.272. The van der Waals surface area contributed by atoms with Gasteiger partial charge in [0.1, 0.15) is 12.5 Å². The van der Waals surface area contributed by atoms with Gasteiger partial charge >= 0.3 is 12.4 Å². The summed E-state index contributed by atoms with van der Waals surface area (Å²) in [6, 6.07) is 4.21. The zero-order valence-corrected chi connectivity index (χ0v) is 20.7. The second-order valence-corrected chi connectivity index (χ2v) is 8.37. The van der Waals surface area contributed by atoms with Crippen molar-refractivity contribution in [1.82, 2.24) is 4.98 Å². The fraction of sp³-hybridized carbons (Fsp3) is 0.450. The van der Waals surface area contributed by atoms with Gasteiger partial charge in [-0.2, -0.15) is 26.3 Å². The molecule has 0 saturated heterocycles. The number of methoxy groups -OCH3 is 1. The second-order valence-electron chi connectivity index (χ2n) is 6.65. The molecule has 32 heavy (non-hydrogen) atoms. The lowest BCUT2D eigenvalue weighted by Gasteiger charge is -2.37. The highest BCUT2D eigenvalue weighted by Gasteiger charge is 2.73.